The summed E-state index contributed by atoms with van der Waals surface area (Å²) < 4.78 is 6.66. The molecule has 3 rings (SSSR count). The lowest BCUT2D eigenvalue weighted by molar-refractivity contribution is 0.313. The van der Waals surface area contributed by atoms with Crippen molar-refractivity contribution in [1.29, 1.82) is 0 Å². The third-order valence-corrected chi connectivity index (χ3v) is 4.08. The molecule has 0 bridgehead atoms. The minimum atomic E-state index is -0.392. The second kappa shape index (κ2) is 8.44. The lowest BCUT2D eigenvalue weighted by Crippen LogP contribution is -2.20. The number of aromatic nitrogens is 2. The Morgan fingerprint density at radius 1 is 1.00 bits per heavy atom. The fraction of sp³-hybridized carbons (Fsp3) is 0.300. The Bertz CT molecular complexity index is 825. The first-order valence-corrected chi connectivity index (χ1v) is 8.58. The Kier molecular flexibility index (Phi) is 5.80. The van der Waals surface area contributed by atoms with Gasteiger partial charge in [-0.1, -0.05) is 48.5 Å². The van der Waals surface area contributed by atoms with Crippen molar-refractivity contribution in [3.05, 3.63) is 76.8 Å². The van der Waals surface area contributed by atoms with Gasteiger partial charge in [0.25, 0.3) is 0 Å². The summed E-state index contributed by atoms with van der Waals surface area (Å²) >= 11 is 0. The minimum absolute atomic E-state index is 0.381. The Morgan fingerprint density at radius 2 is 1.68 bits per heavy atom. The average molecular weight is 337 g/mol. The van der Waals surface area contributed by atoms with Crippen molar-refractivity contribution in [2.75, 3.05) is 13.6 Å². The van der Waals surface area contributed by atoms with E-state index < -0.39 is 5.76 Å². The fourth-order valence-corrected chi connectivity index (χ4v) is 2.76. The molecular weight excluding hydrogens is 314 g/mol. The van der Waals surface area contributed by atoms with Gasteiger partial charge in [0.15, 0.2) is 0 Å². The first kappa shape index (κ1) is 17.2. The molecule has 5 heteroatoms. The van der Waals surface area contributed by atoms with Crippen LogP contribution in [-0.2, 0) is 13.1 Å². The van der Waals surface area contributed by atoms with Crippen molar-refractivity contribution in [2.24, 2.45) is 0 Å². The van der Waals surface area contributed by atoms with Gasteiger partial charge in [-0.05, 0) is 44.1 Å². The SMILES string of the molecule is CN(CCCCn1nc(-c2ccccc2)oc1=O)Cc1ccccc1. The molecule has 0 aliphatic carbocycles. The predicted molar refractivity (Wildman–Crippen MR) is 98.2 cm³/mol. The molecule has 0 unspecified atom stereocenters. The van der Waals surface area contributed by atoms with Crippen LogP contribution in [0.25, 0.3) is 11.5 Å². The first-order valence-electron chi connectivity index (χ1n) is 8.58. The summed E-state index contributed by atoms with van der Waals surface area (Å²) in [5.41, 5.74) is 2.13. The molecule has 0 aliphatic rings. The van der Waals surface area contributed by atoms with E-state index in [-0.39, 0.29) is 0 Å². The largest absolute Gasteiger partial charge is 0.437 e. The highest BCUT2D eigenvalue weighted by Gasteiger charge is 2.09. The zero-order chi connectivity index (χ0) is 17.5. The van der Waals surface area contributed by atoms with Crippen LogP contribution in [0.4, 0.5) is 0 Å². The molecule has 5 nitrogen and oxygen atoms in total. The van der Waals surface area contributed by atoms with Crippen molar-refractivity contribution >= 4 is 0 Å². The van der Waals surface area contributed by atoms with E-state index in [4.69, 9.17) is 4.42 Å². The van der Waals surface area contributed by atoms with Crippen LogP contribution >= 0.6 is 0 Å². The van der Waals surface area contributed by atoms with Gasteiger partial charge < -0.3 is 9.32 Å². The highest BCUT2D eigenvalue weighted by molar-refractivity contribution is 5.51. The van der Waals surface area contributed by atoms with Gasteiger partial charge in [-0.15, -0.1) is 5.10 Å². The lowest BCUT2D eigenvalue weighted by Gasteiger charge is -2.16. The maximum absolute atomic E-state index is 11.9. The van der Waals surface area contributed by atoms with E-state index in [1.54, 1.807) is 0 Å². The molecule has 0 N–H and O–H groups in total. The zero-order valence-corrected chi connectivity index (χ0v) is 14.5. The molecule has 0 spiro atoms. The molecule has 1 heterocycles. The van der Waals surface area contributed by atoms with Crippen molar-refractivity contribution in [3.63, 3.8) is 0 Å². The zero-order valence-electron chi connectivity index (χ0n) is 14.5. The van der Waals surface area contributed by atoms with Crippen molar-refractivity contribution in [2.45, 2.75) is 25.9 Å². The average Bonchev–Trinajstić information content (AvgIpc) is 3.01. The number of hydrogen-bond donors (Lipinski definition) is 0. The van der Waals surface area contributed by atoms with Gasteiger partial charge in [0.1, 0.15) is 0 Å². The summed E-state index contributed by atoms with van der Waals surface area (Å²) in [6.07, 6.45) is 1.89. The monoisotopic (exact) mass is 337 g/mol. The number of nitrogens with zero attached hydrogens (tertiary/aromatic N) is 3. The Hall–Kier alpha value is -2.66. The van der Waals surface area contributed by atoms with Crippen molar-refractivity contribution < 1.29 is 4.42 Å². The smallest absolute Gasteiger partial charge is 0.388 e. The van der Waals surface area contributed by atoms with Crippen LogP contribution in [-0.4, -0.2) is 28.3 Å². The number of rotatable bonds is 8. The third kappa shape index (κ3) is 4.90. The molecule has 25 heavy (non-hydrogen) atoms. The molecule has 0 fully saturated rings. The van der Waals surface area contributed by atoms with Crippen molar-refractivity contribution in [3.8, 4) is 11.5 Å². The van der Waals surface area contributed by atoms with Crippen LogP contribution in [0.5, 0.6) is 0 Å². The number of benzene rings is 2. The van der Waals surface area contributed by atoms with Gasteiger partial charge in [-0.3, -0.25) is 0 Å². The quantitative estimate of drug-likeness (QED) is 0.591. The van der Waals surface area contributed by atoms with Gasteiger partial charge in [0.2, 0.25) is 5.89 Å². The van der Waals surface area contributed by atoms with E-state index in [0.29, 0.717) is 12.4 Å². The number of aryl methyl sites for hydroxylation is 1. The van der Waals surface area contributed by atoms with E-state index in [1.165, 1.54) is 10.2 Å². The van der Waals surface area contributed by atoms with Gasteiger partial charge >= 0.3 is 5.76 Å². The molecular formula is C20H23N3O2. The van der Waals surface area contributed by atoms with Crippen LogP contribution in [0.2, 0.25) is 0 Å². The van der Waals surface area contributed by atoms with E-state index in [9.17, 15) is 4.79 Å². The van der Waals surface area contributed by atoms with E-state index in [0.717, 1.165) is 31.5 Å². The topological polar surface area (TPSA) is 51.3 Å². The first-order chi connectivity index (χ1) is 12.2. The molecule has 0 saturated carbocycles. The van der Waals surface area contributed by atoms with Crippen LogP contribution in [0.1, 0.15) is 18.4 Å². The maximum atomic E-state index is 11.9. The predicted octanol–water partition coefficient (Wildman–Crippen LogP) is 3.42. The van der Waals surface area contributed by atoms with Crippen LogP contribution in [0, 0.1) is 0 Å². The molecule has 0 radical (unpaired) electrons. The summed E-state index contributed by atoms with van der Waals surface area (Å²) in [6.45, 7) is 2.49. The van der Waals surface area contributed by atoms with Gasteiger partial charge in [0, 0.05) is 18.7 Å². The number of unbranched alkanes of at least 4 members (excludes halogenated alkanes) is 1. The van der Waals surface area contributed by atoms with Crippen molar-refractivity contribution in [1.82, 2.24) is 14.7 Å². The highest BCUT2D eigenvalue weighted by atomic mass is 16.4. The van der Waals surface area contributed by atoms with Crippen LogP contribution in [0.3, 0.4) is 0 Å². The molecule has 1 aromatic heterocycles. The van der Waals surface area contributed by atoms with E-state index in [2.05, 4.69) is 41.3 Å². The standard InChI is InChI=1S/C20H23N3O2/c1-22(16-17-10-4-2-5-11-17)14-8-9-15-23-20(24)25-19(21-23)18-12-6-3-7-13-18/h2-7,10-13H,8-9,14-16H2,1H3. The third-order valence-electron chi connectivity index (χ3n) is 4.08. The Labute approximate surface area is 147 Å². The highest BCUT2D eigenvalue weighted by Crippen LogP contribution is 2.14. The maximum Gasteiger partial charge on any atom is 0.437 e. The van der Waals surface area contributed by atoms with Crippen LogP contribution in [0.15, 0.2) is 69.9 Å². The van der Waals surface area contributed by atoms with E-state index in [1.807, 2.05) is 36.4 Å². The lowest BCUT2D eigenvalue weighted by atomic mass is 10.2. The summed E-state index contributed by atoms with van der Waals surface area (Å²) in [4.78, 5) is 14.2. The second-order valence-electron chi connectivity index (χ2n) is 6.19. The molecule has 0 amide bonds. The second-order valence-corrected chi connectivity index (χ2v) is 6.19. The summed E-state index contributed by atoms with van der Waals surface area (Å²) in [7, 11) is 2.11. The summed E-state index contributed by atoms with van der Waals surface area (Å²) in [6, 6.07) is 19.9. The summed E-state index contributed by atoms with van der Waals surface area (Å²) in [5, 5.41) is 4.29. The summed E-state index contributed by atoms with van der Waals surface area (Å²) in [5.74, 6) is -0.0108. The molecule has 0 saturated heterocycles. The van der Waals surface area contributed by atoms with Gasteiger partial charge in [-0.25, -0.2) is 4.79 Å². The Morgan fingerprint density at radius 3 is 2.40 bits per heavy atom. The molecule has 2 aromatic carbocycles. The van der Waals surface area contributed by atoms with Crippen LogP contribution < -0.4 is 5.76 Å². The van der Waals surface area contributed by atoms with Gasteiger partial charge in [0.05, 0.1) is 0 Å². The molecule has 0 atom stereocenters. The molecule has 3 aromatic rings. The minimum Gasteiger partial charge on any atom is -0.388 e. The van der Waals surface area contributed by atoms with E-state index >= 15 is 0 Å². The normalized spacial score (nSPS) is 11.1. The van der Waals surface area contributed by atoms with Gasteiger partial charge in [-0.2, -0.15) is 4.68 Å². The fourth-order valence-electron chi connectivity index (χ4n) is 2.76. The Balaban J connectivity index is 1.46. The molecule has 130 valence electrons. The molecule has 0 aliphatic heterocycles. The number of hydrogen-bond acceptors (Lipinski definition) is 4.